The third kappa shape index (κ3) is 3.97. The number of carbonyl (C=O) groups excluding carboxylic acids is 1. The minimum Gasteiger partial charge on any atom is -0.361 e. The highest BCUT2D eigenvalue weighted by atomic mass is 19.3. The summed E-state index contributed by atoms with van der Waals surface area (Å²) in [7, 11) is 0. The molecule has 0 atom stereocenters. The first-order valence-corrected chi connectivity index (χ1v) is 9.48. The zero-order valence-electron chi connectivity index (χ0n) is 16.7. The van der Waals surface area contributed by atoms with Crippen LogP contribution >= 0.6 is 0 Å². The fourth-order valence-corrected chi connectivity index (χ4v) is 3.64. The molecule has 0 unspecified atom stereocenters. The molecule has 1 amide bonds. The number of alkyl halides is 2. The maximum absolute atomic E-state index is 14.5. The van der Waals surface area contributed by atoms with Crippen molar-refractivity contribution in [3.63, 3.8) is 0 Å². The Kier molecular flexibility index (Phi) is 5.16. The molecule has 31 heavy (non-hydrogen) atoms. The Labute approximate surface area is 174 Å². The van der Waals surface area contributed by atoms with Crippen LogP contribution in [0.1, 0.15) is 28.2 Å². The summed E-state index contributed by atoms with van der Waals surface area (Å²) < 4.78 is 61.1. The van der Waals surface area contributed by atoms with E-state index in [1.807, 2.05) is 0 Å². The Morgan fingerprint density at radius 1 is 1.19 bits per heavy atom. The maximum Gasteiger partial charge on any atom is 0.266 e. The largest absolute Gasteiger partial charge is 0.361 e. The number of hydrogen-bond donors (Lipinski definition) is 1. The zero-order valence-corrected chi connectivity index (χ0v) is 16.7. The summed E-state index contributed by atoms with van der Waals surface area (Å²) in [5, 5.41) is 6.37. The third-order valence-corrected chi connectivity index (χ3v) is 5.12. The third-order valence-electron chi connectivity index (χ3n) is 5.12. The van der Waals surface area contributed by atoms with Crippen molar-refractivity contribution < 1.29 is 26.9 Å². The van der Waals surface area contributed by atoms with Crippen LogP contribution in [0.25, 0.3) is 11.1 Å². The average Bonchev–Trinajstić information content (AvgIpc) is 3.24. The number of pyridine rings is 1. The SMILES string of the molecule is Cc1noc(C)c1C(=O)Nc1c(-c2cc(F)ccc2F)ccnc1N1CCC(F)(F)C1. The van der Waals surface area contributed by atoms with Gasteiger partial charge >= 0.3 is 0 Å². The van der Waals surface area contributed by atoms with Crippen LogP contribution in [0.4, 0.5) is 29.1 Å². The highest BCUT2D eigenvalue weighted by Crippen LogP contribution is 2.40. The normalized spacial score (nSPS) is 15.4. The van der Waals surface area contributed by atoms with Crippen molar-refractivity contribution in [1.29, 1.82) is 0 Å². The van der Waals surface area contributed by atoms with Gasteiger partial charge in [-0.3, -0.25) is 4.79 Å². The van der Waals surface area contributed by atoms with Gasteiger partial charge in [0.2, 0.25) is 0 Å². The summed E-state index contributed by atoms with van der Waals surface area (Å²) in [5.41, 5.74) is 0.453. The van der Waals surface area contributed by atoms with Gasteiger partial charge in [-0.05, 0) is 38.1 Å². The van der Waals surface area contributed by atoms with E-state index in [-0.39, 0.29) is 46.9 Å². The van der Waals surface area contributed by atoms with Crippen molar-refractivity contribution in [2.45, 2.75) is 26.2 Å². The van der Waals surface area contributed by atoms with Gasteiger partial charge in [-0.2, -0.15) is 0 Å². The van der Waals surface area contributed by atoms with Crippen LogP contribution in [0.15, 0.2) is 35.0 Å². The fraction of sp³-hybridized carbons (Fsp3) is 0.286. The van der Waals surface area contributed by atoms with Gasteiger partial charge in [0, 0.05) is 30.3 Å². The molecule has 0 spiro atoms. The molecule has 0 saturated carbocycles. The Balaban J connectivity index is 1.85. The van der Waals surface area contributed by atoms with Gasteiger partial charge in [0.1, 0.15) is 23.0 Å². The lowest BCUT2D eigenvalue weighted by atomic mass is 10.0. The van der Waals surface area contributed by atoms with Gasteiger partial charge in [-0.25, -0.2) is 22.5 Å². The minimum atomic E-state index is -2.93. The second-order valence-electron chi connectivity index (χ2n) is 7.36. The zero-order chi connectivity index (χ0) is 22.3. The molecule has 1 N–H and O–H groups in total. The first kappa shape index (κ1) is 20.8. The van der Waals surface area contributed by atoms with Crippen LogP contribution in [0.3, 0.4) is 0 Å². The number of carbonyl (C=O) groups is 1. The molecule has 6 nitrogen and oxygen atoms in total. The lowest BCUT2D eigenvalue weighted by molar-refractivity contribution is 0.0257. The minimum absolute atomic E-state index is 0.00491. The van der Waals surface area contributed by atoms with E-state index in [0.717, 1.165) is 18.2 Å². The number of rotatable bonds is 4. The Hall–Kier alpha value is -3.43. The van der Waals surface area contributed by atoms with Crippen LogP contribution in [-0.4, -0.2) is 35.1 Å². The predicted octanol–water partition coefficient (Wildman–Crippen LogP) is 4.73. The monoisotopic (exact) mass is 434 g/mol. The van der Waals surface area contributed by atoms with Crippen LogP contribution in [0.5, 0.6) is 0 Å². The Morgan fingerprint density at radius 2 is 1.97 bits per heavy atom. The average molecular weight is 434 g/mol. The summed E-state index contributed by atoms with van der Waals surface area (Å²) in [5.74, 6) is -4.69. The number of amides is 1. The van der Waals surface area contributed by atoms with Crippen molar-refractivity contribution >= 4 is 17.4 Å². The lowest BCUT2D eigenvalue weighted by Crippen LogP contribution is -2.27. The number of nitrogens with zero attached hydrogens (tertiary/aromatic N) is 3. The summed E-state index contributed by atoms with van der Waals surface area (Å²) in [6.07, 6.45) is 0.918. The molecule has 1 fully saturated rings. The molecule has 1 aliphatic heterocycles. The molecule has 10 heteroatoms. The lowest BCUT2D eigenvalue weighted by Gasteiger charge is -2.23. The van der Waals surface area contributed by atoms with E-state index in [2.05, 4.69) is 15.5 Å². The van der Waals surface area contributed by atoms with E-state index in [1.54, 1.807) is 13.8 Å². The van der Waals surface area contributed by atoms with Crippen molar-refractivity contribution in [2.24, 2.45) is 0 Å². The van der Waals surface area contributed by atoms with Gasteiger partial charge in [0.15, 0.2) is 5.82 Å². The van der Waals surface area contributed by atoms with Gasteiger partial charge in [-0.15, -0.1) is 0 Å². The van der Waals surface area contributed by atoms with Gasteiger partial charge in [0.05, 0.1) is 17.9 Å². The van der Waals surface area contributed by atoms with Gasteiger partial charge in [-0.1, -0.05) is 5.16 Å². The van der Waals surface area contributed by atoms with Crippen LogP contribution in [0.2, 0.25) is 0 Å². The molecule has 0 aliphatic carbocycles. The summed E-state index contributed by atoms with van der Waals surface area (Å²) in [6, 6.07) is 4.27. The molecule has 2 aromatic heterocycles. The topological polar surface area (TPSA) is 71.3 Å². The van der Waals surface area contributed by atoms with E-state index in [1.165, 1.54) is 17.2 Å². The summed E-state index contributed by atoms with van der Waals surface area (Å²) in [6.45, 7) is 2.50. The maximum atomic E-state index is 14.5. The van der Waals surface area contributed by atoms with Crippen molar-refractivity contribution in [1.82, 2.24) is 10.1 Å². The molecule has 0 bridgehead atoms. The second-order valence-corrected chi connectivity index (χ2v) is 7.36. The van der Waals surface area contributed by atoms with E-state index < -0.39 is 30.0 Å². The van der Waals surface area contributed by atoms with Crippen molar-refractivity contribution in [3.05, 3.63) is 59.1 Å². The molecule has 1 aliphatic rings. The number of aromatic nitrogens is 2. The van der Waals surface area contributed by atoms with Gasteiger partial charge in [0.25, 0.3) is 11.8 Å². The van der Waals surface area contributed by atoms with Crippen molar-refractivity contribution in [3.8, 4) is 11.1 Å². The smallest absolute Gasteiger partial charge is 0.266 e. The Bertz CT molecular complexity index is 1140. The first-order chi connectivity index (χ1) is 14.7. The standard InChI is InChI=1S/C21H18F4N4O2/c1-11-17(12(2)31-28-11)20(30)27-18-14(15-9-13(22)3-4-16(15)23)5-7-26-19(18)29-8-6-21(24,25)10-29/h3-5,7,9H,6,8,10H2,1-2H3,(H,27,30). The van der Waals surface area contributed by atoms with Crippen LogP contribution in [0, 0.1) is 25.5 Å². The highest BCUT2D eigenvalue weighted by Gasteiger charge is 2.40. The molecule has 162 valence electrons. The molecule has 4 rings (SSSR count). The van der Waals surface area contributed by atoms with Crippen molar-refractivity contribution in [2.75, 3.05) is 23.3 Å². The number of halogens is 4. The number of hydrogen-bond acceptors (Lipinski definition) is 5. The highest BCUT2D eigenvalue weighted by molar-refractivity contribution is 6.09. The predicted molar refractivity (Wildman–Crippen MR) is 105 cm³/mol. The first-order valence-electron chi connectivity index (χ1n) is 9.48. The fourth-order valence-electron chi connectivity index (χ4n) is 3.64. The second kappa shape index (κ2) is 7.68. The Morgan fingerprint density at radius 3 is 2.61 bits per heavy atom. The number of aryl methyl sites for hydroxylation is 2. The summed E-state index contributed by atoms with van der Waals surface area (Å²) >= 11 is 0. The van der Waals surface area contributed by atoms with E-state index >= 15 is 0 Å². The molecule has 3 aromatic rings. The molecule has 1 aromatic carbocycles. The molecule has 0 radical (unpaired) electrons. The van der Waals surface area contributed by atoms with Crippen LogP contribution < -0.4 is 10.2 Å². The number of benzene rings is 1. The molecular weight excluding hydrogens is 416 g/mol. The molecule has 3 heterocycles. The van der Waals surface area contributed by atoms with E-state index in [9.17, 15) is 22.4 Å². The molecular formula is C21H18F4N4O2. The number of anilines is 2. The quantitative estimate of drug-likeness (QED) is 0.602. The van der Waals surface area contributed by atoms with Gasteiger partial charge < -0.3 is 14.7 Å². The summed E-state index contributed by atoms with van der Waals surface area (Å²) in [4.78, 5) is 18.4. The van der Waals surface area contributed by atoms with E-state index in [4.69, 9.17) is 4.52 Å². The number of nitrogens with one attached hydrogen (secondary N) is 1. The van der Waals surface area contributed by atoms with Crippen LogP contribution in [-0.2, 0) is 0 Å². The van der Waals surface area contributed by atoms with E-state index in [0.29, 0.717) is 5.69 Å². The molecule has 1 saturated heterocycles.